The minimum absolute atomic E-state index is 0.197. The Balaban J connectivity index is 1.50. The predicted octanol–water partition coefficient (Wildman–Crippen LogP) is 3.36. The highest BCUT2D eigenvalue weighted by atomic mass is 16.2. The van der Waals surface area contributed by atoms with E-state index in [4.69, 9.17) is 0 Å². The summed E-state index contributed by atoms with van der Waals surface area (Å²) in [5.41, 5.74) is 1.56. The van der Waals surface area contributed by atoms with Crippen molar-refractivity contribution in [3.63, 3.8) is 0 Å². The van der Waals surface area contributed by atoms with Gasteiger partial charge in [0.2, 0.25) is 5.91 Å². The number of aromatic nitrogens is 2. The van der Waals surface area contributed by atoms with Crippen LogP contribution in [0.15, 0.2) is 48.8 Å². The highest BCUT2D eigenvalue weighted by Gasteiger charge is 2.61. The average molecular weight is 393 g/mol. The Hall–Kier alpha value is -2.14. The van der Waals surface area contributed by atoms with Crippen LogP contribution in [0.25, 0.3) is 0 Å². The number of likely N-dealkylation sites (tertiary alicyclic amines) is 2. The Kier molecular flexibility index (Phi) is 4.73. The fourth-order valence-electron chi connectivity index (χ4n) is 6.67. The molecule has 2 bridgehead atoms. The van der Waals surface area contributed by atoms with Gasteiger partial charge in [-0.25, -0.2) is 0 Å². The maximum atomic E-state index is 13.6. The second-order valence-electron chi connectivity index (χ2n) is 9.52. The number of piperidine rings is 1. The summed E-state index contributed by atoms with van der Waals surface area (Å²) < 4.78 is 1.77. The SMILES string of the molecule is CN1[C@H](Cc2ccccc2)[C@@H]2C[C@@]3(C)[C@H](CCCC[C@@H]13)N2C(=O)Cn1cccn1. The molecule has 2 saturated heterocycles. The molecule has 2 aliphatic heterocycles. The second kappa shape index (κ2) is 7.28. The van der Waals surface area contributed by atoms with Crippen LogP contribution in [0.5, 0.6) is 0 Å². The summed E-state index contributed by atoms with van der Waals surface area (Å²) in [6, 6.07) is 14.3. The first-order chi connectivity index (χ1) is 14.1. The molecule has 5 rings (SSSR count). The van der Waals surface area contributed by atoms with Gasteiger partial charge in [0.15, 0.2) is 0 Å². The van der Waals surface area contributed by atoms with E-state index in [1.54, 1.807) is 10.9 Å². The molecule has 0 radical (unpaired) electrons. The van der Waals surface area contributed by atoms with E-state index < -0.39 is 0 Å². The van der Waals surface area contributed by atoms with Crippen LogP contribution in [-0.4, -0.2) is 56.7 Å². The number of carbonyl (C=O) groups excluding carboxylic acids is 1. The molecule has 2 aromatic rings. The van der Waals surface area contributed by atoms with Gasteiger partial charge in [0, 0.05) is 42.0 Å². The molecule has 0 spiro atoms. The summed E-state index contributed by atoms with van der Waals surface area (Å²) in [5.74, 6) is 0.237. The first-order valence-electron chi connectivity index (χ1n) is 11.1. The van der Waals surface area contributed by atoms with E-state index in [0.29, 0.717) is 24.7 Å². The van der Waals surface area contributed by atoms with Gasteiger partial charge in [-0.3, -0.25) is 14.4 Å². The molecule has 5 atom stereocenters. The van der Waals surface area contributed by atoms with E-state index in [2.05, 4.69) is 59.2 Å². The van der Waals surface area contributed by atoms with Crippen molar-refractivity contribution in [1.29, 1.82) is 0 Å². The molecule has 0 N–H and O–H groups in total. The van der Waals surface area contributed by atoms with E-state index in [1.165, 1.54) is 24.8 Å². The fourth-order valence-corrected chi connectivity index (χ4v) is 6.67. The molecule has 1 aliphatic carbocycles. The lowest BCUT2D eigenvalue weighted by molar-refractivity contribution is -0.136. The van der Waals surface area contributed by atoms with Crippen molar-refractivity contribution in [2.45, 2.75) is 76.2 Å². The molecular formula is C24H32N4O. The van der Waals surface area contributed by atoms with Gasteiger partial charge >= 0.3 is 0 Å². The van der Waals surface area contributed by atoms with Crippen LogP contribution >= 0.6 is 0 Å². The molecule has 1 aromatic heterocycles. The molecule has 3 aliphatic rings. The number of carbonyl (C=O) groups is 1. The molecule has 1 saturated carbocycles. The molecule has 3 fully saturated rings. The van der Waals surface area contributed by atoms with Crippen molar-refractivity contribution in [3.05, 3.63) is 54.4 Å². The number of hydrogen-bond donors (Lipinski definition) is 0. The lowest BCUT2D eigenvalue weighted by atomic mass is 9.69. The van der Waals surface area contributed by atoms with Gasteiger partial charge in [0.25, 0.3) is 0 Å². The zero-order chi connectivity index (χ0) is 20.0. The van der Waals surface area contributed by atoms with Crippen molar-refractivity contribution in [1.82, 2.24) is 19.6 Å². The third kappa shape index (κ3) is 3.10. The normalized spacial score (nSPS) is 34.2. The summed E-state index contributed by atoms with van der Waals surface area (Å²) in [6.07, 6.45) is 10.7. The molecular weight excluding hydrogens is 360 g/mol. The predicted molar refractivity (Wildman–Crippen MR) is 113 cm³/mol. The Bertz CT molecular complexity index is 851. The molecule has 154 valence electrons. The van der Waals surface area contributed by atoms with Crippen molar-refractivity contribution in [2.75, 3.05) is 7.05 Å². The van der Waals surface area contributed by atoms with Crippen molar-refractivity contribution < 1.29 is 4.79 Å². The third-order valence-electron chi connectivity index (χ3n) is 7.96. The van der Waals surface area contributed by atoms with Crippen molar-refractivity contribution in [2.24, 2.45) is 5.41 Å². The van der Waals surface area contributed by atoms with Gasteiger partial charge in [0.05, 0.1) is 0 Å². The molecule has 3 heterocycles. The first-order valence-corrected chi connectivity index (χ1v) is 11.1. The number of rotatable bonds is 4. The summed E-state index contributed by atoms with van der Waals surface area (Å²) in [7, 11) is 2.31. The van der Waals surface area contributed by atoms with Gasteiger partial charge in [-0.05, 0) is 44.4 Å². The van der Waals surface area contributed by atoms with Crippen LogP contribution in [0.3, 0.4) is 0 Å². The standard InChI is InChI=1S/C24H32N4O/c1-24-16-20-19(15-18-9-4-3-5-10-18)26(2)21(24)11-6-7-12-22(24)28(20)23(29)17-27-14-8-13-25-27/h3-5,8-10,13-14,19-22H,6-7,11-12,15-17H2,1-2H3/t19-,20+,21-,22+,24-/m1/s1. The number of benzene rings is 1. The van der Waals surface area contributed by atoms with Crippen molar-refractivity contribution in [3.8, 4) is 0 Å². The minimum atomic E-state index is 0.197. The fraction of sp³-hybridized carbons (Fsp3) is 0.583. The number of hydrogen-bond acceptors (Lipinski definition) is 3. The zero-order valence-corrected chi connectivity index (χ0v) is 17.6. The highest BCUT2D eigenvalue weighted by molar-refractivity contribution is 5.77. The van der Waals surface area contributed by atoms with Crippen LogP contribution in [0.2, 0.25) is 0 Å². The molecule has 5 nitrogen and oxygen atoms in total. The molecule has 29 heavy (non-hydrogen) atoms. The number of fused-ring (bicyclic) bond motifs is 1. The van der Waals surface area contributed by atoms with Gasteiger partial charge in [0.1, 0.15) is 6.54 Å². The van der Waals surface area contributed by atoms with Crippen LogP contribution in [-0.2, 0) is 17.8 Å². The second-order valence-corrected chi connectivity index (χ2v) is 9.52. The van der Waals surface area contributed by atoms with E-state index in [0.717, 1.165) is 19.3 Å². The molecule has 5 heteroatoms. The number of amides is 1. The quantitative estimate of drug-likeness (QED) is 0.801. The third-order valence-corrected chi connectivity index (χ3v) is 7.96. The van der Waals surface area contributed by atoms with Crippen LogP contribution in [0.1, 0.15) is 44.6 Å². The lowest BCUT2D eigenvalue weighted by Crippen LogP contribution is -2.58. The van der Waals surface area contributed by atoms with E-state index in [1.807, 2.05) is 12.3 Å². The molecule has 1 aromatic carbocycles. The van der Waals surface area contributed by atoms with E-state index >= 15 is 0 Å². The first kappa shape index (κ1) is 18.9. The Morgan fingerprint density at radius 3 is 2.62 bits per heavy atom. The summed E-state index contributed by atoms with van der Waals surface area (Å²) >= 11 is 0. The monoisotopic (exact) mass is 392 g/mol. The smallest absolute Gasteiger partial charge is 0.244 e. The number of nitrogens with zero attached hydrogens (tertiary/aromatic N) is 4. The topological polar surface area (TPSA) is 41.4 Å². The Morgan fingerprint density at radius 2 is 1.90 bits per heavy atom. The van der Waals surface area contributed by atoms with Gasteiger partial charge < -0.3 is 4.90 Å². The van der Waals surface area contributed by atoms with Gasteiger partial charge in [-0.2, -0.15) is 5.10 Å². The van der Waals surface area contributed by atoms with Crippen LogP contribution in [0.4, 0.5) is 0 Å². The van der Waals surface area contributed by atoms with Gasteiger partial charge in [-0.15, -0.1) is 0 Å². The summed E-state index contributed by atoms with van der Waals surface area (Å²) in [4.78, 5) is 18.5. The number of likely N-dealkylation sites (N-methyl/N-ethyl adjacent to an activating group) is 1. The Labute approximate surface area is 173 Å². The largest absolute Gasteiger partial charge is 0.333 e. The maximum Gasteiger partial charge on any atom is 0.244 e. The van der Waals surface area contributed by atoms with Gasteiger partial charge in [-0.1, -0.05) is 50.1 Å². The van der Waals surface area contributed by atoms with E-state index in [-0.39, 0.29) is 17.4 Å². The van der Waals surface area contributed by atoms with Crippen LogP contribution in [0, 0.1) is 5.41 Å². The average Bonchev–Trinajstić information content (AvgIpc) is 3.27. The molecule has 0 unspecified atom stereocenters. The molecule has 1 amide bonds. The lowest BCUT2D eigenvalue weighted by Gasteiger charge is -2.49. The zero-order valence-electron chi connectivity index (χ0n) is 17.6. The Morgan fingerprint density at radius 1 is 1.14 bits per heavy atom. The maximum absolute atomic E-state index is 13.6. The highest BCUT2D eigenvalue weighted by Crippen LogP contribution is 2.55. The summed E-state index contributed by atoms with van der Waals surface area (Å²) in [6.45, 7) is 2.81. The van der Waals surface area contributed by atoms with E-state index in [9.17, 15) is 4.79 Å². The summed E-state index contributed by atoms with van der Waals surface area (Å²) in [5, 5.41) is 4.29. The minimum Gasteiger partial charge on any atom is -0.333 e. The van der Waals surface area contributed by atoms with Crippen LogP contribution < -0.4 is 0 Å². The van der Waals surface area contributed by atoms with Crippen molar-refractivity contribution >= 4 is 5.91 Å².